The van der Waals surface area contributed by atoms with E-state index in [2.05, 4.69) is 13.8 Å². The summed E-state index contributed by atoms with van der Waals surface area (Å²) in [6, 6.07) is 17.1. The molecular formula is C26H33NO3S. The second-order valence-electron chi connectivity index (χ2n) is 8.55. The number of ether oxygens (including phenoxy) is 1. The van der Waals surface area contributed by atoms with Crippen molar-refractivity contribution in [3.63, 3.8) is 0 Å². The lowest BCUT2D eigenvalue weighted by Crippen LogP contribution is -2.38. The van der Waals surface area contributed by atoms with E-state index < -0.39 is 0 Å². The van der Waals surface area contributed by atoms with E-state index in [1.165, 1.54) is 6.42 Å². The lowest BCUT2D eigenvalue weighted by atomic mass is 9.88. The van der Waals surface area contributed by atoms with Crippen LogP contribution in [0.4, 0.5) is 5.69 Å². The van der Waals surface area contributed by atoms with Crippen LogP contribution in [0.1, 0.15) is 52.4 Å². The zero-order valence-corrected chi connectivity index (χ0v) is 19.4. The molecule has 31 heavy (non-hydrogen) atoms. The maximum Gasteiger partial charge on any atom is 0.231 e. The van der Waals surface area contributed by atoms with Gasteiger partial charge in [0.25, 0.3) is 0 Å². The first-order valence-corrected chi connectivity index (χ1v) is 12.1. The van der Waals surface area contributed by atoms with E-state index in [-0.39, 0.29) is 23.5 Å². The highest BCUT2D eigenvalue weighted by Crippen LogP contribution is 2.34. The summed E-state index contributed by atoms with van der Waals surface area (Å²) in [6.07, 6.45) is 6.34. The molecule has 0 unspecified atom stereocenters. The SMILES string of the molecule is CC(C)CCN(C(=O)C1CCCCC1)c1ccccc1SC(=O)COc1ccccc1. The Morgan fingerprint density at radius 1 is 1.00 bits per heavy atom. The topological polar surface area (TPSA) is 46.6 Å². The molecule has 166 valence electrons. The van der Waals surface area contributed by atoms with Gasteiger partial charge in [-0.1, -0.05) is 63.4 Å². The minimum atomic E-state index is -0.0785. The van der Waals surface area contributed by atoms with Crippen molar-refractivity contribution < 1.29 is 14.3 Å². The molecule has 0 spiro atoms. The van der Waals surface area contributed by atoms with Crippen molar-refractivity contribution in [1.29, 1.82) is 0 Å². The fourth-order valence-electron chi connectivity index (χ4n) is 3.88. The Morgan fingerprint density at radius 3 is 2.39 bits per heavy atom. The molecule has 1 amide bonds. The summed E-state index contributed by atoms with van der Waals surface area (Å²) in [5, 5.41) is -0.0785. The Labute approximate surface area is 190 Å². The second-order valence-corrected chi connectivity index (χ2v) is 9.65. The molecule has 5 heteroatoms. The van der Waals surface area contributed by atoms with Crippen LogP contribution >= 0.6 is 11.8 Å². The van der Waals surface area contributed by atoms with E-state index in [1.54, 1.807) is 0 Å². The van der Waals surface area contributed by atoms with Gasteiger partial charge in [-0.2, -0.15) is 0 Å². The Bertz CT molecular complexity index is 847. The van der Waals surface area contributed by atoms with Crippen LogP contribution in [-0.4, -0.2) is 24.2 Å². The molecule has 1 fully saturated rings. The van der Waals surface area contributed by atoms with E-state index in [0.29, 0.717) is 18.2 Å². The molecular weight excluding hydrogens is 406 g/mol. The average molecular weight is 440 g/mol. The fourth-order valence-corrected chi connectivity index (χ4v) is 4.68. The van der Waals surface area contributed by atoms with Gasteiger partial charge in [0, 0.05) is 17.4 Å². The molecule has 0 atom stereocenters. The van der Waals surface area contributed by atoms with Gasteiger partial charge in [0.05, 0.1) is 5.69 Å². The number of amides is 1. The maximum atomic E-state index is 13.5. The van der Waals surface area contributed by atoms with Crippen molar-refractivity contribution in [3.05, 3.63) is 54.6 Å². The van der Waals surface area contributed by atoms with Gasteiger partial charge in [0.15, 0.2) is 6.61 Å². The van der Waals surface area contributed by atoms with Gasteiger partial charge in [0.1, 0.15) is 5.75 Å². The summed E-state index contributed by atoms with van der Waals surface area (Å²) in [5.74, 6) is 1.48. The number of para-hydroxylation sites is 2. The third kappa shape index (κ3) is 7.13. The first-order valence-electron chi connectivity index (χ1n) is 11.3. The number of nitrogens with zero attached hydrogens (tertiary/aromatic N) is 1. The van der Waals surface area contributed by atoms with Crippen molar-refractivity contribution in [2.45, 2.75) is 57.3 Å². The molecule has 1 saturated carbocycles. The van der Waals surface area contributed by atoms with Crippen molar-refractivity contribution in [3.8, 4) is 5.75 Å². The number of anilines is 1. The molecule has 0 N–H and O–H groups in total. The predicted octanol–water partition coefficient (Wildman–Crippen LogP) is 6.34. The van der Waals surface area contributed by atoms with E-state index >= 15 is 0 Å². The van der Waals surface area contributed by atoms with Crippen molar-refractivity contribution >= 4 is 28.5 Å². The molecule has 4 nitrogen and oxygen atoms in total. The standard InChI is InChI=1S/C26H33NO3S/c1-20(2)17-18-27(26(29)21-11-5-3-6-12-21)23-15-9-10-16-24(23)31-25(28)19-30-22-13-7-4-8-14-22/h4,7-10,13-16,20-21H,3,5-6,11-12,17-19H2,1-2H3. The van der Waals surface area contributed by atoms with Crippen LogP contribution in [0.15, 0.2) is 59.5 Å². The number of hydrogen-bond donors (Lipinski definition) is 0. The largest absolute Gasteiger partial charge is 0.485 e. The third-order valence-corrected chi connectivity index (χ3v) is 6.54. The minimum Gasteiger partial charge on any atom is -0.485 e. The van der Waals surface area contributed by atoms with Gasteiger partial charge >= 0.3 is 0 Å². The Balaban J connectivity index is 1.74. The number of thioether (sulfide) groups is 1. The highest BCUT2D eigenvalue weighted by Gasteiger charge is 2.28. The van der Waals surface area contributed by atoms with Crippen LogP contribution in [-0.2, 0) is 9.59 Å². The van der Waals surface area contributed by atoms with Crippen LogP contribution in [0, 0.1) is 11.8 Å². The number of benzene rings is 2. The smallest absolute Gasteiger partial charge is 0.231 e. The summed E-state index contributed by atoms with van der Waals surface area (Å²) >= 11 is 1.16. The fraction of sp³-hybridized carbons (Fsp3) is 0.462. The van der Waals surface area contributed by atoms with Crippen LogP contribution in [0.5, 0.6) is 5.75 Å². The van der Waals surface area contributed by atoms with E-state index in [0.717, 1.165) is 54.4 Å². The number of hydrogen-bond acceptors (Lipinski definition) is 4. The Morgan fingerprint density at radius 2 is 1.68 bits per heavy atom. The van der Waals surface area contributed by atoms with Gasteiger partial charge in [-0.15, -0.1) is 0 Å². The Hall–Kier alpha value is -2.27. The van der Waals surface area contributed by atoms with Crippen molar-refractivity contribution in [2.75, 3.05) is 18.1 Å². The summed E-state index contributed by atoms with van der Waals surface area (Å²) in [5.41, 5.74) is 0.844. The second kappa shape index (κ2) is 11.9. The van der Waals surface area contributed by atoms with Gasteiger partial charge in [-0.3, -0.25) is 9.59 Å². The van der Waals surface area contributed by atoms with Gasteiger partial charge < -0.3 is 9.64 Å². The Kier molecular flexibility index (Phi) is 9.01. The molecule has 0 bridgehead atoms. The molecule has 3 rings (SSSR count). The van der Waals surface area contributed by atoms with E-state index in [9.17, 15) is 9.59 Å². The zero-order valence-electron chi connectivity index (χ0n) is 18.6. The van der Waals surface area contributed by atoms with Crippen LogP contribution in [0.25, 0.3) is 0 Å². The molecule has 2 aromatic carbocycles. The first kappa shape index (κ1) is 23.4. The van der Waals surface area contributed by atoms with Crippen molar-refractivity contribution in [2.24, 2.45) is 11.8 Å². The minimum absolute atomic E-state index is 0.00835. The average Bonchev–Trinajstić information content (AvgIpc) is 2.80. The van der Waals surface area contributed by atoms with Crippen LogP contribution in [0.3, 0.4) is 0 Å². The maximum absolute atomic E-state index is 13.5. The quantitative estimate of drug-likeness (QED) is 0.428. The molecule has 0 heterocycles. The van der Waals surface area contributed by atoms with Crippen LogP contribution in [0.2, 0.25) is 0 Å². The lowest BCUT2D eigenvalue weighted by molar-refractivity contribution is -0.123. The molecule has 0 aliphatic heterocycles. The van der Waals surface area contributed by atoms with E-state index in [4.69, 9.17) is 4.74 Å². The van der Waals surface area contributed by atoms with Crippen LogP contribution < -0.4 is 9.64 Å². The summed E-state index contributed by atoms with van der Waals surface area (Å²) in [4.78, 5) is 28.9. The molecule has 0 aromatic heterocycles. The predicted molar refractivity (Wildman–Crippen MR) is 128 cm³/mol. The van der Waals surface area contributed by atoms with E-state index in [1.807, 2.05) is 59.5 Å². The summed E-state index contributed by atoms with van der Waals surface area (Å²) in [6.45, 7) is 5.02. The monoisotopic (exact) mass is 439 g/mol. The van der Waals surface area contributed by atoms with Gasteiger partial charge in [0.2, 0.25) is 11.0 Å². The lowest BCUT2D eigenvalue weighted by Gasteiger charge is -2.31. The molecule has 1 aliphatic rings. The molecule has 1 aliphatic carbocycles. The normalized spacial score (nSPS) is 14.4. The molecule has 2 aromatic rings. The highest BCUT2D eigenvalue weighted by atomic mass is 32.2. The number of rotatable bonds is 9. The third-order valence-electron chi connectivity index (χ3n) is 5.63. The first-order chi connectivity index (χ1) is 15.0. The van der Waals surface area contributed by atoms with Gasteiger partial charge in [-0.05, 0) is 61.2 Å². The molecule has 0 saturated heterocycles. The molecule has 0 radical (unpaired) electrons. The highest BCUT2D eigenvalue weighted by molar-refractivity contribution is 8.13. The summed E-state index contributed by atoms with van der Waals surface area (Å²) in [7, 11) is 0. The zero-order chi connectivity index (χ0) is 22.1. The number of carbonyl (C=O) groups excluding carboxylic acids is 2. The van der Waals surface area contributed by atoms with Gasteiger partial charge in [-0.25, -0.2) is 0 Å². The number of carbonyl (C=O) groups is 2. The van der Waals surface area contributed by atoms with Crippen molar-refractivity contribution in [1.82, 2.24) is 0 Å². The summed E-state index contributed by atoms with van der Waals surface area (Å²) < 4.78 is 5.61.